The van der Waals surface area contributed by atoms with Gasteiger partial charge in [-0.25, -0.2) is 0 Å². The molecule has 0 saturated carbocycles. The molecule has 1 aliphatic heterocycles. The Balaban J connectivity index is 1.83. The van der Waals surface area contributed by atoms with Crippen LogP contribution in [0.4, 0.5) is 0 Å². The zero-order valence-electron chi connectivity index (χ0n) is 16.2. The molecule has 3 heteroatoms. The van der Waals surface area contributed by atoms with Gasteiger partial charge in [0, 0.05) is 0 Å². The van der Waals surface area contributed by atoms with Crippen LogP contribution in [0.2, 0.25) is 0 Å². The summed E-state index contributed by atoms with van der Waals surface area (Å²) in [6.45, 7) is 8.40. The van der Waals surface area contributed by atoms with Crippen LogP contribution in [0.1, 0.15) is 27.7 Å². The van der Waals surface area contributed by atoms with E-state index < -0.39 is 0 Å². The molecule has 0 radical (unpaired) electrons. The Kier molecular flexibility index (Phi) is 3.47. The normalized spacial score (nSPS) is 18.6. The van der Waals surface area contributed by atoms with Crippen LogP contribution in [0.15, 0.2) is 66.7 Å². The van der Waals surface area contributed by atoms with Gasteiger partial charge in [-0.05, 0) is 65.5 Å². The quantitative estimate of drug-likeness (QED) is 0.334. The van der Waals surface area contributed by atoms with E-state index >= 15 is 0 Å². The molecular formula is C24H23BO2. The van der Waals surface area contributed by atoms with Crippen LogP contribution >= 0.6 is 0 Å². The summed E-state index contributed by atoms with van der Waals surface area (Å²) in [7, 11) is -0.365. The van der Waals surface area contributed by atoms with Gasteiger partial charge in [-0.2, -0.15) is 0 Å². The molecule has 1 saturated heterocycles. The maximum atomic E-state index is 6.37. The number of benzene rings is 4. The predicted molar refractivity (Wildman–Crippen MR) is 115 cm³/mol. The summed E-state index contributed by atoms with van der Waals surface area (Å²) < 4.78 is 12.7. The van der Waals surface area contributed by atoms with E-state index in [4.69, 9.17) is 9.31 Å². The third-order valence-corrected chi connectivity index (χ3v) is 6.29. The molecule has 4 aromatic carbocycles. The van der Waals surface area contributed by atoms with Crippen LogP contribution in [-0.4, -0.2) is 18.3 Å². The first kappa shape index (κ1) is 16.8. The van der Waals surface area contributed by atoms with Gasteiger partial charge in [0.1, 0.15) is 0 Å². The smallest absolute Gasteiger partial charge is 0.399 e. The predicted octanol–water partition coefficient (Wildman–Crippen LogP) is 5.45. The summed E-state index contributed by atoms with van der Waals surface area (Å²) in [5, 5.41) is 7.50. The molecule has 0 unspecified atom stereocenters. The lowest BCUT2D eigenvalue weighted by Crippen LogP contribution is -2.41. The molecule has 134 valence electrons. The summed E-state index contributed by atoms with van der Waals surface area (Å²) in [6, 6.07) is 23.8. The van der Waals surface area contributed by atoms with Gasteiger partial charge >= 0.3 is 7.12 Å². The maximum absolute atomic E-state index is 6.37. The average Bonchev–Trinajstić information content (AvgIpc) is 2.88. The Labute approximate surface area is 160 Å². The van der Waals surface area contributed by atoms with Gasteiger partial charge in [0.05, 0.1) is 11.2 Å². The van der Waals surface area contributed by atoms with Crippen LogP contribution in [0, 0.1) is 0 Å². The minimum absolute atomic E-state index is 0.350. The van der Waals surface area contributed by atoms with Gasteiger partial charge in [-0.1, -0.05) is 66.7 Å². The largest absolute Gasteiger partial charge is 0.495 e. The van der Waals surface area contributed by atoms with Crippen LogP contribution < -0.4 is 5.46 Å². The van der Waals surface area contributed by atoms with E-state index in [2.05, 4.69) is 94.4 Å². The molecule has 27 heavy (non-hydrogen) atoms. The Morgan fingerprint density at radius 2 is 1.19 bits per heavy atom. The van der Waals surface area contributed by atoms with Crippen LogP contribution in [0.3, 0.4) is 0 Å². The van der Waals surface area contributed by atoms with E-state index in [1.807, 2.05) is 0 Å². The van der Waals surface area contributed by atoms with E-state index in [9.17, 15) is 0 Å². The van der Waals surface area contributed by atoms with Gasteiger partial charge in [0.15, 0.2) is 0 Å². The molecule has 0 spiro atoms. The molecule has 0 N–H and O–H groups in total. The molecule has 2 nitrogen and oxygen atoms in total. The van der Waals surface area contributed by atoms with Crippen LogP contribution in [-0.2, 0) is 9.31 Å². The summed E-state index contributed by atoms with van der Waals surface area (Å²) in [4.78, 5) is 0. The summed E-state index contributed by atoms with van der Waals surface area (Å²) >= 11 is 0. The van der Waals surface area contributed by atoms with Crippen molar-refractivity contribution in [1.29, 1.82) is 0 Å². The van der Waals surface area contributed by atoms with Gasteiger partial charge in [0.2, 0.25) is 0 Å². The fourth-order valence-corrected chi connectivity index (χ4v) is 4.07. The molecule has 0 atom stereocenters. The Morgan fingerprint density at radius 3 is 1.89 bits per heavy atom. The molecule has 5 rings (SSSR count). The van der Waals surface area contributed by atoms with Crippen molar-refractivity contribution in [3.8, 4) is 0 Å². The molecule has 1 aliphatic rings. The first-order chi connectivity index (χ1) is 12.9. The maximum Gasteiger partial charge on any atom is 0.495 e. The van der Waals surface area contributed by atoms with Gasteiger partial charge in [-0.15, -0.1) is 0 Å². The standard InChI is InChI=1S/C24H23BO2/c1-23(2)24(3,4)27-25(26-23)21-15-17-14-13-16-9-5-6-10-18(16)22(17)20-12-8-7-11-19(20)21/h5-15H,1-4H3. The lowest BCUT2D eigenvalue weighted by molar-refractivity contribution is 0.00578. The van der Waals surface area contributed by atoms with Crippen molar-refractivity contribution in [2.75, 3.05) is 0 Å². The van der Waals surface area contributed by atoms with Crippen molar-refractivity contribution in [3.05, 3.63) is 66.7 Å². The van der Waals surface area contributed by atoms with Crippen molar-refractivity contribution >= 4 is 44.9 Å². The van der Waals surface area contributed by atoms with Gasteiger partial charge in [-0.3, -0.25) is 0 Å². The van der Waals surface area contributed by atoms with E-state index in [-0.39, 0.29) is 18.3 Å². The Bertz CT molecular complexity index is 1180. The minimum Gasteiger partial charge on any atom is -0.399 e. The highest BCUT2D eigenvalue weighted by Gasteiger charge is 2.52. The summed E-state index contributed by atoms with van der Waals surface area (Å²) in [5.74, 6) is 0. The zero-order valence-corrected chi connectivity index (χ0v) is 16.2. The molecule has 4 aromatic rings. The van der Waals surface area contributed by atoms with Gasteiger partial charge in [0.25, 0.3) is 0 Å². The number of rotatable bonds is 1. The van der Waals surface area contributed by atoms with E-state index in [0.29, 0.717) is 0 Å². The lowest BCUT2D eigenvalue weighted by Gasteiger charge is -2.32. The van der Waals surface area contributed by atoms with Crippen LogP contribution in [0.25, 0.3) is 32.3 Å². The monoisotopic (exact) mass is 354 g/mol. The molecular weight excluding hydrogens is 331 g/mol. The second kappa shape index (κ2) is 5.57. The topological polar surface area (TPSA) is 18.5 Å². The lowest BCUT2D eigenvalue weighted by atomic mass is 9.74. The second-order valence-electron chi connectivity index (χ2n) is 8.48. The first-order valence-corrected chi connectivity index (χ1v) is 9.56. The number of fused-ring (bicyclic) bond motifs is 5. The highest BCUT2D eigenvalue weighted by atomic mass is 16.7. The Morgan fingerprint density at radius 1 is 0.630 bits per heavy atom. The van der Waals surface area contributed by atoms with Crippen molar-refractivity contribution in [1.82, 2.24) is 0 Å². The fourth-order valence-electron chi connectivity index (χ4n) is 4.07. The van der Waals surface area contributed by atoms with Crippen molar-refractivity contribution < 1.29 is 9.31 Å². The van der Waals surface area contributed by atoms with Gasteiger partial charge < -0.3 is 9.31 Å². The Hall–Kier alpha value is -2.36. The highest BCUT2D eigenvalue weighted by Crippen LogP contribution is 2.38. The van der Waals surface area contributed by atoms with E-state index in [0.717, 1.165) is 5.46 Å². The minimum atomic E-state index is -0.365. The highest BCUT2D eigenvalue weighted by molar-refractivity contribution is 6.66. The zero-order chi connectivity index (χ0) is 18.8. The molecule has 0 aromatic heterocycles. The molecule has 0 aliphatic carbocycles. The molecule has 0 amide bonds. The molecule has 1 heterocycles. The number of hydrogen-bond donors (Lipinski definition) is 0. The van der Waals surface area contributed by atoms with Crippen molar-refractivity contribution in [2.45, 2.75) is 38.9 Å². The SMILES string of the molecule is CC1(C)OB(c2cc3ccc4ccccc4c3c3ccccc23)OC1(C)C. The fraction of sp³-hybridized carbons (Fsp3) is 0.250. The second-order valence-corrected chi connectivity index (χ2v) is 8.48. The van der Waals surface area contributed by atoms with E-state index in [1.165, 1.54) is 32.3 Å². The third-order valence-electron chi connectivity index (χ3n) is 6.29. The molecule has 1 fully saturated rings. The number of hydrogen-bond acceptors (Lipinski definition) is 2. The summed E-state index contributed by atoms with van der Waals surface area (Å²) in [6.07, 6.45) is 0. The summed E-state index contributed by atoms with van der Waals surface area (Å²) in [5.41, 5.74) is 0.404. The van der Waals surface area contributed by atoms with E-state index in [1.54, 1.807) is 0 Å². The third kappa shape index (κ3) is 2.42. The van der Waals surface area contributed by atoms with Crippen molar-refractivity contribution in [3.63, 3.8) is 0 Å². The van der Waals surface area contributed by atoms with Crippen molar-refractivity contribution in [2.24, 2.45) is 0 Å². The van der Waals surface area contributed by atoms with Crippen LogP contribution in [0.5, 0.6) is 0 Å². The average molecular weight is 354 g/mol. The molecule has 0 bridgehead atoms. The first-order valence-electron chi connectivity index (χ1n) is 9.56.